The van der Waals surface area contributed by atoms with Gasteiger partial charge in [-0.25, -0.2) is 12.8 Å². The standard InChI is InChI=1S/C22H17ClFNO2S/c1-16-6-13-19(14-7-16)28(26,27)25-22(20-4-2-3-5-21(20)23)15-10-17-8-11-18(24)12-9-17/h2-9,11-14,22,25H,1H3. The maximum atomic E-state index is 13.1. The van der Waals surface area contributed by atoms with Crippen molar-refractivity contribution in [1.82, 2.24) is 4.72 Å². The van der Waals surface area contributed by atoms with Crippen LogP contribution >= 0.6 is 11.6 Å². The van der Waals surface area contributed by atoms with Crippen LogP contribution < -0.4 is 4.72 Å². The monoisotopic (exact) mass is 413 g/mol. The topological polar surface area (TPSA) is 46.2 Å². The quantitative estimate of drug-likeness (QED) is 0.621. The minimum Gasteiger partial charge on any atom is -0.207 e. The van der Waals surface area contributed by atoms with E-state index in [0.717, 1.165) is 5.56 Å². The van der Waals surface area contributed by atoms with Gasteiger partial charge in [0.2, 0.25) is 10.0 Å². The zero-order chi connectivity index (χ0) is 20.1. The fourth-order valence-corrected chi connectivity index (χ4v) is 3.88. The SMILES string of the molecule is Cc1ccc(S(=O)(=O)NC(C#Cc2ccc(F)cc2)c2ccccc2Cl)cc1. The van der Waals surface area contributed by atoms with Crippen LogP contribution in [0.15, 0.2) is 77.7 Å². The second-order valence-corrected chi connectivity index (χ2v) is 8.29. The van der Waals surface area contributed by atoms with Gasteiger partial charge >= 0.3 is 0 Å². The van der Waals surface area contributed by atoms with Crippen molar-refractivity contribution in [3.8, 4) is 11.8 Å². The molecule has 1 atom stereocenters. The molecule has 3 rings (SSSR count). The zero-order valence-electron chi connectivity index (χ0n) is 15.0. The summed E-state index contributed by atoms with van der Waals surface area (Å²) < 4.78 is 41.3. The molecule has 0 bridgehead atoms. The Bertz CT molecular complexity index is 1130. The molecule has 0 amide bonds. The van der Waals surface area contributed by atoms with Crippen LogP contribution in [-0.2, 0) is 10.0 Å². The summed E-state index contributed by atoms with van der Waals surface area (Å²) in [7, 11) is -3.82. The third-order valence-electron chi connectivity index (χ3n) is 4.03. The molecule has 0 heterocycles. The predicted molar refractivity (Wildman–Crippen MR) is 109 cm³/mol. The lowest BCUT2D eigenvalue weighted by Crippen LogP contribution is -2.28. The molecule has 3 aromatic rings. The first-order chi connectivity index (χ1) is 13.3. The highest BCUT2D eigenvalue weighted by Crippen LogP contribution is 2.24. The molecule has 0 aromatic heterocycles. The van der Waals surface area contributed by atoms with Crippen molar-refractivity contribution in [2.75, 3.05) is 0 Å². The second kappa shape index (κ2) is 8.57. The predicted octanol–water partition coefficient (Wildman–Crippen LogP) is 4.86. The summed E-state index contributed by atoms with van der Waals surface area (Å²) in [6.07, 6.45) is 0. The summed E-state index contributed by atoms with van der Waals surface area (Å²) in [5, 5.41) is 0.396. The van der Waals surface area contributed by atoms with E-state index in [2.05, 4.69) is 16.6 Å². The highest BCUT2D eigenvalue weighted by atomic mass is 35.5. The Morgan fingerprint density at radius 1 is 0.964 bits per heavy atom. The molecule has 3 nitrogen and oxygen atoms in total. The van der Waals surface area contributed by atoms with Crippen LogP contribution in [0.5, 0.6) is 0 Å². The zero-order valence-corrected chi connectivity index (χ0v) is 16.6. The van der Waals surface area contributed by atoms with E-state index in [0.29, 0.717) is 16.1 Å². The van der Waals surface area contributed by atoms with E-state index in [1.54, 1.807) is 36.4 Å². The number of aryl methyl sites for hydroxylation is 1. The molecule has 1 unspecified atom stereocenters. The van der Waals surface area contributed by atoms with E-state index in [9.17, 15) is 12.8 Å². The van der Waals surface area contributed by atoms with Crippen molar-refractivity contribution >= 4 is 21.6 Å². The van der Waals surface area contributed by atoms with Crippen LogP contribution in [0.3, 0.4) is 0 Å². The lowest BCUT2D eigenvalue weighted by molar-refractivity contribution is 0.576. The lowest BCUT2D eigenvalue weighted by Gasteiger charge is -2.15. The smallest absolute Gasteiger partial charge is 0.207 e. The van der Waals surface area contributed by atoms with Gasteiger partial charge in [-0.2, -0.15) is 4.72 Å². The molecular formula is C22H17ClFNO2S. The molecule has 3 aromatic carbocycles. The first-order valence-electron chi connectivity index (χ1n) is 8.46. The molecule has 6 heteroatoms. The average molecular weight is 414 g/mol. The van der Waals surface area contributed by atoms with Crippen molar-refractivity contribution in [3.63, 3.8) is 0 Å². The average Bonchev–Trinajstić information content (AvgIpc) is 2.67. The summed E-state index contributed by atoms with van der Waals surface area (Å²) in [5.41, 5.74) is 2.06. The van der Waals surface area contributed by atoms with Gasteiger partial charge in [-0.15, -0.1) is 0 Å². The number of hydrogen-bond acceptors (Lipinski definition) is 2. The molecule has 0 saturated carbocycles. The molecule has 28 heavy (non-hydrogen) atoms. The number of halogens is 2. The van der Waals surface area contributed by atoms with Crippen LogP contribution in [-0.4, -0.2) is 8.42 Å². The molecule has 0 fully saturated rings. The number of rotatable bonds is 4. The Balaban J connectivity index is 1.98. The number of nitrogens with one attached hydrogen (secondary N) is 1. The Morgan fingerprint density at radius 3 is 2.25 bits per heavy atom. The highest BCUT2D eigenvalue weighted by Gasteiger charge is 2.21. The molecule has 0 aliphatic carbocycles. The van der Waals surface area contributed by atoms with Crippen molar-refractivity contribution in [3.05, 3.63) is 100 Å². The van der Waals surface area contributed by atoms with Crippen LogP contribution in [0.4, 0.5) is 4.39 Å². The molecule has 0 radical (unpaired) electrons. The largest absolute Gasteiger partial charge is 0.241 e. The normalized spacial score (nSPS) is 12.1. The van der Waals surface area contributed by atoms with Crippen LogP contribution in [0, 0.1) is 24.6 Å². The third kappa shape index (κ3) is 4.99. The first kappa shape index (κ1) is 20.1. The highest BCUT2D eigenvalue weighted by molar-refractivity contribution is 7.89. The van der Waals surface area contributed by atoms with Crippen molar-refractivity contribution < 1.29 is 12.8 Å². The maximum Gasteiger partial charge on any atom is 0.241 e. The van der Waals surface area contributed by atoms with E-state index < -0.39 is 16.1 Å². The van der Waals surface area contributed by atoms with E-state index in [4.69, 9.17) is 11.6 Å². The lowest BCUT2D eigenvalue weighted by atomic mass is 10.1. The van der Waals surface area contributed by atoms with Crippen LogP contribution in [0.1, 0.15) is 22.7 Å². The van der Waals surface area contributed by atoms with E-state index in [1.807, 2.05) is 6.92 Å². The van der Waals surface area contributed by atoms with E-state index >= 15 is 0 Å². The molecular weight excluding hydrogens is 397 g/mol. The molecule has 142 valence electrons. The van der Waals surface area contributed by atoms with Crippen molar-refractivity contribution in [2.45, 2.75) is 17.9 Å². The van der Waals surface area contributed by atoms with Gasteiger partial charge in [0.05, 0.1) is 4.90 Å². The molecule has 0 saturated heterocycles. The molecule has 0 aliphatic heterocycles. The molecule has 0 aliphatic rings. The fourth-order valence-electron chi connectivity index (χ4n) is 2.51. The summed E-state index contributed by atoms with van der Waals surface area (Å²) >= 11 is 6.26. The van der Waals surface area contributed by atoms with E-state index in [1.165, 1.54) is 36.4 Å². The minimum absolute atomic E-state index is 0.138. The number of hydrogen-bond donors (Lipinski definition) is 1. The first-order valence-corrected chi connectivity index (χ1v) is 10.3. The third-order valence-corrected chi connectivity index (χ3v) is 5.81. The van der Waals surface area contributed by atoms with Gasteiger partial charge in [0.15, 0.2) is 0 Å². The number of sulfonamides is 1. The fraction of sp³-hybridized carbons (Fsp3) is 0.0909. The van der Waals surface area contributed by atoms with Crippen LogP contribution in [0.2, 0.25) is 5.02 Å². The minimum atomic E-state index is -3.82. The van der Waals surface area contributed by atoms with Gasteiger partial charge in [0.1, 0.15) is 11.9 Å². The summed E-state index contributed by atoms with van der Waals surface area (Å²) in [4.78, 5) is 0.138. The van der Waals surface area contributed by atoms with Gasteiger partial charge in [0.25, 0.3) is 0 Å². The molecule has 0 spiro atoms. The summed E-state index contributed by atoms with van der Waals surface area (Å²) in [6, 6.07) is 18.2. The Hall–Kier alpha value is -2.65. The van der Waals surface area contributed by atoms with Gasteiger partial charge in [0, 0.05) is 16.1 Å². The van der Waals surface area contributed by atoms with Gasteiger partial charge < -0.3 is 0 Å². The Labute approximate surface area is 169 Å². The summed E-state index contributed by atoms with van der Waals surface area (Å²) in [5.74, 6) is 5.41. The van der Waals surface area contributed by atoms with Gasteiger partial charge in [-0.1, -0.05) is 59.3 Å². The Morgan fingerprint density at radius 2 is 1.61 bits per heavy atom. The van der Waals surface area contributed by atoms with E-state index in [-0.39, 0.29) is 10.7 Å². The van der Waals surface area contributed by atoms with Crippen LogP contribution in [0.25, 0.3) is 0 Å². The number of benzene rings is 3. The summed E-state index contributed by atoms with van der Waals surface area (Å²) in [6.45, 7) is 1.88. The van der Waals surface area contributed by atoms with Crippen molar-refractivity contribution in [2.24, 2.45) is 0 Å². The van der Waals surface area contributed by atoms with Crippen molar-refractivity contribution in [1.29, 1.82) is 0 Å². The Kier molecular flexibility index (Phi) is 6.15. The molecule has 1 N–H and O–H groups in total. The second-order valence-electron chi connectivity index (χ2n) is 6.17. The van der Waals surface area contributed by atoms with Gasteiger partial charge in [-0.3, -0.25) is 0 Å². The van der Waals surface area contributed by atoms with Gasteiger partial charge in [-0.05, 0) is 49.4 Å². The maximum absolute atomic E-state index is 13.1.